The molecular weight excluding hydrogens is 396 g/mol. The van der Waals surface area contributed by atoms with Crippen molar-refractivity contribution in [2.75, 3.05) is 13.6 Å². The Labute approximate surface area is 182 Å². The highest BCUT2D eigenvalue weighted by atomic mass is 35.5. The summed E-state index contributed by atoms with van der Waals surface area (Å²) in [6, 6.07) is 18.1. The van der Waals surface area contributed by atoms with E-state index >= 15 is 0 Å². The number of hydrogen-bond donors (Lipinski definition) is 1. The second-order valence-corrected chi connectivity index (χ2v) is 8.32. The number of hydrogen-bond acceptors (Lipinski definition) is 3. The van der Waals surface area contributed by atoms with Crippen molar-refractivity contribution >= 4 is 17.5 Å². The first-order valence-corrected chi connectivity index (χ1v) is 10.8. The smallest absolute Gasteiger partial charge is 0.257 e. The van der Waals surface area contributed by atoms with E-state index in [9.17, 15) is 4.79 Å². The van der Waals surface area contributed by atoms with Crippen molar-refractivity contribution in [3.8, 4) is 0 Å². The van der Waals surface area contributed by atoms with E-state index in [-0.39, 0.29) is 11.9 Å². The summed E-state index contributed by atoms with van der Waals surface area (Å²) in [6.45, 7) is 2.30. The number of aromatic amines is 1. The summed E-state index contributed by atoms with van der Waals surface area (Å²) in [5, 5.41) is 8.16. The summed E-state index contributed by atoms with van der Waals surface area (Å²) in [5.74, 6) is -0.00845. The Bertz CT molecular complexity index is 988. The number of halogens is 1. The third-order valence-electron chi connectivity index (χ3n) is 5.79. The molecule has 1 N–H and O–H groups in total. The molecule has 1 atom stereocenters. The van der Waals surface area contributed by atoms with E-state index in [0.717, 1.165) is 54.2 Å². The molecule has 1 amide bonds. The van der Waals surface area contributed by atoms with Gasteiger partial charge in [0.15, 0.2) is 0 Å². The molecule has 2 aromatic carbocycles. The molecule has 1 fully saturated rings. The van der Waals surface area contributed by atoms with Gasteiger partial charge in [-0.05, 0) is 36.6 Å². The van der Waals surface area contributed by atoms with Gasteiger partial charge in [-0.3, -0.25) is 14.8 Å². The van der Waals surface area contributed by atoms with Gasteiger partial charge in [0.25, 0.3) is 5.91 Å². The predicted molar refractivity (Wildman–Crippen MR) is 119 cm³/mol. The molecule has 1 unspecified atom stereocenters. The quantitative estimate of drug-likeness (QED) is 0.603. The van der Waals surface area contributed by atoms with Crippen LogP contribution in [0.5, 0.6) is 0 Å². The average Bonchev–Trinajstić information content (AvgIpc) is 3.25. The van der Waals surface area contributed by atoms with Gasteiger partial charge in [-0.25, -0.2) is 0 Å². The van der Waals surface area contributed by atoms with Crippen molar-refractivity contribution in [3.05, 3.63) is 88.2 Å². The summed E-state index contributed by atoms with van der Waals surface area (Å²) < 4.78 is 0. The van der Waals surface area contributed by atoms with Crippen LogP contribution in [0.4, 0.5) is 0 Å². The van der Waals surface area contributed by atoms with Gasteiger partial charge in [-0.2, -0.15) is 5.10 Å². The van der Waals surface area contributed by atoms with Crippen LogP contribution >= 0.6 is 11.6 Å². The summed E-state index contributed by atoms with van der Waals surface area (Å²) in [4.78, 5) is 17.4. The SMILES string of the molecule is CN(Cc1ccccc1)C(=O)c1cn[nH]c1C1CCCCN1Cc1ccccc1Cl. The molecule has 0 spiro atoms. The highest BCUT2D eigenvalue weighted by molar-refractivity contribution is 6.31. The number of H-pyrrole nitrogens is 1. The Morgan fingerprint density at radius 3 is 2.73 bits per heavy atom. The zero-order chi connectivity index (χ0) is 20.9. The van der Waals surface area contributed by atoms with Crippen LogP contribution < -0.4 is 0 Å². The second kappa shape index (κ2) is 9.45. The van der Waals surface area contributed by atoms with E-state index in [1.807, 2.05) is 55.6 Å². The van der Waals surface area contributed by atoms with E-state index in [1.54, 1.807) is 11.1 Å². The molecule has 6 heteroatoms. The summed E-state index contributed by atoms with van der Waals surface area (Å²) in [6.07, 6.45) is 4.94. The highest BCUT2D eigenvalue weighted by Gasteiger charge is 2.30. The van der Waals surface area contributed by atoms with Gasteiger partial charge in [0.2, 0.25) is 0 Å². The minimum Gasteiger partial charge on any atom is -0.337 e. The van der Waals surface area contributed by atoms with E-state index in [2.05, 4.69) is 21.2 Å². The average molecular weight is 423 g/mol. The molecule has 5 nitrogen and oxygen atoms in total. The fourth-order valence-electron chi connectivity index (χ4n) is 4.21. The first-order valence-electron chi connectivity index (χ1n) is 10.4. The molecule has 1 aliphatic heterocycles. The van der Waals surface area contributed by atoms with Crippen molar-refractivity contribution in [3.63, 3.8) is 0 Å². The molecule has 1 saturated heterocycles. The zero-order valence-corrected chi connectivity index (χ0v) is 18.0. The van der Waals surface area contributed by atoms with Gasteiger partial charge < -0.3 is 4.90 Å². The first kappa shape index (κ1) is 20.6. The van der Waals surface area contributed by atoms with Crippen LogP contribution in [-0.4, -0.2) is 39.5 Å². The molecule has 4 rings (SSSR count). The summed E-state index contributed by atoms with van der Waals surface area (Å²) in [7, 11) is 1.84. The molecule has 0 radical (unpaired) electrons. The Kier molecular flexibility index (Phi) is 6.50. The Hall–Kier alpha value is -2.63. The summed E-state index contributed by atoms with van der Waals surface area (Å²) >= 11 is 6.41. The number of rotatable bonds is 6. The first-order chi connectivity index (χ1) is 14.6. The number of amides is 1. The fourth-order valence-corrected chi connectivity index (χ4v) is 4.40. The molecule has 1 aromatic heterocycles. The molecule has 0 saturated carbocycles. The van der Waals surface area contributed by atoms with Gasteiger partial charge >= 0.3 is 0 Å². The largest absolute Gasteiger partial charge is 0.337 e. The number of likely N-dealkylation sites (tertiary alicyclic amines) is 1. The van der Waals surface area contributed by atoms with E-state index in [4.69, 9.17) is 11.6 Å². The normalized spacial score (nSPS) is 17.1. The number of carbonyl (C=O) groups is 1. The lowest BCUT2D eigenvalue weighted by molar-refractivity contribution is 0.0776. The van der Waals surface area contributed by atoms with Crippen LogP contribution in [0.3, 0.4) is 0 Å². The second-order valence-electron chi connectivity index (χ2n) is 7.92. The van der Waals surface area contributed by atoms with Crippen molar-refractivity contribution in [2.45, 2.75) is 38.4 Å². The van der Waals surface area contributed by atoms with E-state index in [0.29, 0.717) is 12.1 Å². The summed E-state index contributed by atoms with van der Waals surface area (Å²) in [5.41, 5.74) is 3.78. The third kappa shape index (κ3) is 4.58. The number of aromatic nitrogens is 2. The van der Waals surface area contributed by atoms with E-state index in [1.165, 1.54) is 0 Å². The monoisotopic (exact) mass is 422 g/mol. The maximum absolute atomic E-state index is 13.2. The molecule has 2 heterocycles. The molecule has 0 bridgehead atoms. The van der Waals surface area contributed by atoms with E-state index < -0.39 is 0 Å². The Balaban J connectivity index is 1.54. The lowest BCUT2D eigenvalue weighted by Crippen LogP contribution is -2.35. The molecule has 1 aliphatic rings. The standard InChI is InChI=1S/C24H27ClN4O/c1-28(16-18-9-3-2-4-10-18)24(30)20-15-26-27-23(20)22-13-7-8-14-29(22)17-19-11-5-6-12-21(19)25/h2-6,9-12,15,22H,7-8,13-14,16-17H2,1H3,(H,26,27). The molecule has 156 valence electrons. The predicted octanol–water partition coefficient (Wildman–Crippen LogP) is 5.06. The van der Waals surface area contributed by atoms with Crippen molar-refractivity contribution in [2.24, 2.45) is 0 Å². The van der Waals surface area contributed by atoms with Crippen LogP contribution in [-0.2, 0) is 13.1 Å². The molecule has 0 aliphatic carbocycles. The number of nitrogens with zero attached hydrogens (tertiary/aromatic N) is 3. The highest BCUT2D eigenvalue weighted by Crippen LogP contribution is 2.34. The lowest BCUT2D eigenvalue weighted by atomic mass is 9.96. The third-order valence-corrected chi connectivity index (χ3v) is 6.16. The Morgan fingerprint density at radius 2 is 1.93 bits per heavy atom. The topological polar surface area (TPSA) is 52.2 Å². The molecular formula is C24H27ClN4O. The number of piperidine rings is 1. The minimum atomic E-state index is -0.00845. The van der Waals surface area contributed by atoms with Crippen molar-refractivity contribution in [1.29, 1.82) is 0 Å². The van der Waals surface area contributed by atoms with Crippen LogP contribution in [0.15, 0.2) is 60.8 Å². The minimum absolute atomic E-state index is 0.00845. The van der Waals surface area contributed by atoms with Gasteiger partial charge in [0.05, 0.1) is 23.5 Å². The zero-order valence-electron chi connectivity index (χ0n) is 17.2. The van der Waals surface area contributed by atoms with Gasteiger partial charge in [-0.15, -0.1) is 0 Å². The van der Waals surface area contributed by atoms with Crippen LogP contribution in [0.2, 0.25) is 5.02 Å². The van der Waals surface area contributed by atoms with Gasteiger partial charge in [0, 0.05) is 25.2 Å². The fraction of sp³-hybridized carbons (Fsp3) is 0.333. The number of nitrogens with one attached hydrogen (secondary N) is 1. The Morgan fingerprint density at radius 1 is 1.17 bits per heavy atom. The van der Waals surface area contributed by atoms with Crippen LogP contribution in [0.1, 0.15) is 52.5 Å². The van der Waals surface area contributed by atoms with Crippen LogP contribution in [0, 0.1) is 0 Å². The van der Waals surface area contributed by atoms with Gasteiger partial charge in [0.1, 0.15) is 0 Å². The maximum atomic E-state index is 13.2. The maximum Gasteiger partial charge on any atom is 0.257 e. The molecule has 30 heavy (non-hydrogen) atoms. The van der Waals surface area contributed by atoms with Crippen molar-refractivity contribution < 1.29 is 4.79 Å². The molecule has 3 aromatic rings. The van der Waals surface area contributed by atoms with Crippen molar-refractivity contribution in [1.82, 2.24) is 20.0 Å². The number of carbonyl (C=O) groups excluding carboxylic acids is 1. The van der Waals surface area contributed by atoms with Gasteiger partial charge in [-0.1, -0.05) is 66.6 Å². The lowest BCUT2D eigenvalue weighted by Gasteiger charge is -2.36. The number of benzene rings is 2. The van der Waals surface area contributed by atoms with Crippen LogP contribution in [0.25, 0.3) is 0 Å².